The van der Waals surface area contributed by atoms with E-state index >= 15 is 0 Å². The minimum Gasteiger partial charge on any atom is -0.480 e. The van der Waals surface area contributed by atoms with Crippen molar-refractivity contribution >= 4 is 0 Å². The minimum atomic E-state index is -0.160. The maximum Gasteiger partial charge on any atom is 0.267 e. The Morgan fingerprint density at radius 1 is 1.53 bits per heavy atom. The molecule has 0 bridgehead atoms. The van der Waals surface area contributed by atoms with Gasteiger partial charge in [0.1, 0.15) is 0 Å². The molecule has 1 unspecified atom stereocenters. The molecule has 0 radical (unpaired) electrons. The van der Waals surface area contributed by atoms with Gasteiger partial charge in [-0.05, 0) is 5.92 Å². The number of aromatic nitrogens is 2. The van der Waals surface area contributed by atoms with Gasteiger partial charge in [-0.1, -0.05) is 13.8 Å². The maximum absolute atomic E-state index is 11.4. The maximum atomic E-state index is 11.4. The number of methoxy groups -OCH3 is 1. The van der Waals surface area contributed by atoms with Crippen molar-refractivity contribution in [1.29, 1.82) is 0 Å². The van der Waals surface area contributed by atoms with E-state index in [1.807, 2.05) is 13.8 Å². The zero-order valence-electron chi connectivity index (χ0n) is 9.30. The van der Waals surface area contributed by atoms with E-state index in [0.717, 1.165) is 0 Å². The third-order valence-corrected chi connectivity index (χ3v) is 2.29. The first-order valence-electron chi connectivity index (χ1n) is 4.92. The van der Waals surface area contributed by atoms with Gasteiger partial charge in [-0.2, -0.15) is 0 Å². The van der Waals surface area contributed by atoms with E-state index in [0.29, 0.717) is 18.3 Å². The van der Waals surface area contributed by atoms with E-state index in [4.69, 9.17) is 10.5 Å². The summed E-state index contributed by atoms with van der Waals surface area (Å²) in [6.07, 6.45) is 0. The van der Waals surface area contributed by atoms with Gasteiger partial charge in [0, 0.05) is 18.2 Å². The van der Waals surface area contributed by atoms with Crippen molar-refractivity contribution in [2.24, 2.45) is 11.7 Å². The van der Waals surface area contributed by atoms with Gasteiger partial charge in [0.15, 0.2) is 0 Å². The zero-order valence-corrected chi connectivity index (χ0v) is 9.30. The molecule has 1 aromatic rings. The van der Waals surface area contributed by atoms with E-state index in [1.54, 1.807) is 6.07 Å². The van der Waals surface area contributed by atoms with Gasteiger partial charge in [-0.3, -0.25) is 4.79 Å². The van der Waals surface area contributed by atoms with Crippen LogP contribution in [0.4, 0.5) is 0 Å². The molecular weight excluding hydrogens is 194 g/mol. The topological polar surface area (TPSA) is 70.1 Å². The quantitative estimate of drug-likeness (QED) is 0.774. The van der Waals surface area contributed by atoms with Gasteiger partial charge in [0.25, 0.3) is 5.56 Å². The second-order valence-electron chi connectivity index (χ2n) is 3.80. The molecule has 0 amide bonds. The average molecular weight is 211 g/mol. The van der Waals surface area contributed by atoms with Crippen LogP contribution in [-0.2, 0) is 6.54 Å². The van der Waals surface area contributed by atoms with Crippen molar-refractivity contribution < 1.29 is 4.74 Å². The van der Waals surface area contributed by atoms with Gasteiger partial charge >= 0.3 is 0 Å². The van der Waals surface area contributed by atoms with Gasteiger partial charge in [0.2, 0.25) is 5.88 Å². The Kier molecular flexibility index (Phi) is 3.85. The van der Waals surface area contributed by atoms with E-state index in [2.05, 4.69) is 5.10 Å². The van der Waals surface area contributed by atoms with E-state index in [-0.39, 0.29) is 11.6 Å². The summed E-state index contributed by atoms with van der Waals surface area (Å²) in [5.41, 5.74) is 5.71. The highest BCUT2D eigenvalue weighted by Gasteiger charge is 2.10. The Bertz CT molecular complexity index is 373. The number of hydrogen-bond acceptors (Lipinski definition) is 4. The Labute approximate surface area is 88.9 Å². The van der Waals surface area contributed by atoms with Crippen molar-refractivity contribution in [1.82, 2.24) is 9.78 Å². The van der Waals surface area contributed by atoms with Crippen molar-refractivity contribution in [2.75, 3.05) is 7.11 Å². The summed E-state index contributed by atoms with van der Waals surface area (Å²) >= 11 is 0. The lowest BCUT2D eigenvalue weighted by molar-refractivity contribution is 0.354. The number of nitrogens with zero attached hydrogens (tertiary/aromatic N) is 2. The third-order valence-electron chi connectivity index (χ3n) is 2.29. The SMILES string of the molecule is COc1ccc(=O)n(CC(N)C(C)C)n1. The molecule has 0 saturated carbocycles. The highest BCUT2D eigenvalue weighted by atomic mass is 16.5. The smallest absolute Gasteiger partial charge is 0.267 e. The number of hydrogen-bond donors (Lipinski definition) is 1. The lowest BCUT2D eigenvalue weighted by atomic mass is 10.1. The molecule has 0 spiro atoms. The molecule has 5 nitrogen and oxygen atoms in total. The predicted molar refractivity (Wildman–Crippen MR) is 57.9 cm³/mol. The molecule has 0 aromatic carbocycles. The van der Waals surface area contributed by atoms with Crippen LogP contribution in [0.3, 0.4) is 0 Å². The Hall–Kier alpha value is -1.36. The Morgan fingerprint density at radius 3 is 2.73 bits per heavy atom. The monoisotopic (exact) mass is 211 g/mol. The molecule has 1 heterocycles. The summed E-state index contributed by atoms with van der Waals surface area (Å²) in [4.78, 5) is 11.4. The summed E-state index contributed by atoms with van der Waals surface area (Å²) in [7, 11) is 1.51. The highest BCUT2D eigenvalue weighted by molar-refractivity contribution is 5.06. The Morgan fingerprint density at radius 2 is 2.20 bits per heavy atom. The van der Waals surface area contributed by atoms with Crippen LogP contribution in [0, 0.1) is 5.92 Å². The Balaban J connectivity index is 2.88. The molecule has 0 fully saturated rings. The summed E-state index contributed by atoms with van der Waals surface area (Å²) in [6.45, 7) is 4.43. The van der Waals surface area contributed by atoms with Crippen molar-refractivity contribution in [3.05, 3.63) is 22.5 Å². The van der Waals surface area contributed by atoms with Crippen LogP contribution in [0.2, 0.25) is 0 Å². The minimum absolute atomic E-state index is 0.0812. The fourth-order valence-electron chi connectivity index (χ4n) is 1.08. The van der Waals surface area contributed by atoms with Gasteiger partial charge in [0.05, 0.1) is 13.7 Å². The largest absolute Gasteiger partial charge is 0.480 e. The first kappa shape index (κ1) is 11.7. The molecule has 1 aromatic heterocycles. The van der Waals surface area contributed by atoms with Gasteiger partial charge in [-0.25, -0.2) is 4.68 Å². The lowest BCUT2D eigenvalue weighted by Crippen LogP contribution is -2.36. The van der Waals surface area contributed by atoms with Gasteiger partial charge in [-0.15, -0.1) is 5.10 Å². The molecule has 15 heavy (non-hydrogen) atoms. The lowest BCUT2D eigenvalue weighted by Gasteiger charge is -2.16. The van der Waals surface area contributed by atoms with Gasteiger partial charge < -0.3 is 10.5 Å². The fraction of sp³-hybridized carbons (Fsp3) is 0.600. The molecule has 0 saturated heterocycles. The molecule has 0 aliphatic carbocycles. The first-order chi connectivity index (χ1) is 7.04. The van der Waals surface area contributed by atoms with Crippen LogP contribution in [0.15, 0.2) is 16.9 Å². The zero-order chi connectivity index (χ0) is 11.4. The van der Waals surface area contributed by atoms with E-state index in [1.165, 1.54) is 17.9 Å². The van der Waals surface area contributed by atoms with Crippen molar-refractivity contribution in [2.45, 2.75) is 26.4 Å². The van der Waals surface area contributed by atoms with E-state index < -0.39 is 0 Å². The molecular formula is C10H17N3O2. The molecule has 0 aliphatic heterocycles. The van der Waals surface area contributed by atoms with Crippen LogP contribution >= 0.6 is 0 Å². The number of nitrogens with two attached hydrogens (primary N) is 1. The molecule has 5 heteroatoms. The standard InChI is InChI=1S/C10H17N3O2/c1-7(2)8(11)6-13-10(14)5-4-9(12-13)15-3/h4-5,7-8H,6,11H2,1-3H3. The van der Waals surface area contributed by atoms with Crippen molar-refractivity contribution in [3.8, 4) is 5.88 Å². The van der Waals surface area contributed by atoms with Crippen LogP contribution in [0.5, 0.6) is 5.88 Å². The normalized spacial score (nSPS) is 12.9. The molecule has 0 aliphatic rings. The second-order valence-corrected chi connectivity index (χ2v) is 3.80. The average Bonchev–Trinajstić information content (AvgIpc) is 2.21. The molecule has 1 atom stereocenters. The molecule has 84 valence electrons. The van der Waals surface area contributed by atoms with Crippen LogP contribution < -0.4 is 16.0 Å². The number of ether oxygens (including phenoxy) is 1. The summed E-state index contributed by atoms with van der Waals surface area (Å²) in [6, 6.07) is 2.89. The summed E-state index contributed by atoms with van der Waals surface area (Å²) in [5.74, 6) is 0.732. The number of rotatable bonds is 4. The highest BCUT2D eigenvalue weighted by Crippen LogP contribution is 2.02. The summed E-state index contributed by atoms with van der Waals surface area (Å²) in [5, 5.41) is 4.02. The summed E-state index contributed by atoms with van der Waals surface area (Å²) < 4.78 is 6.28. The fourth-order valence-corrected chi connectivity index (χ4v) is 1.08. The van der Waals surface area contributed by atoms with Crippen LogP contribution in [0.25, 0.3) is 0 Å². The predicted octanol–water partition coefficient (Wildman–Crippen LogP) is 0.235. The van der Waals surface area contributed by atoms with Crippen LogP contribution in [-0.4, -0.2) is 22.9 Å². The van der Waals surface area contributed by atoms with Crippen molar-refractivity contribution in [3.63, 3.8) is 0 Å². The van der Waals surface area contributed by atoms with Crippen LogP contribution in [0.1, 0.15) is 13.8 Å². The first-order valence-corrected chi connectivity index (χ1v) is 4.92. The molecule has 1 rings (SSSR count). The third kappa shape index (κ3) is 3.06. The second kappa shape index (κ2) is 4.93. The molecule has 2 N–H and O–H groups in total. The van der Waals surface area contributed by atoms with E-state index in [9.17, 15) is 4.79 Å².